The molecule has 0 fully saturated rings. The number of hydrogen-bond acceptors (Lipinski definition) is 7. The second-order valence-corrected chi connectivity index (χ2v) is 10.9. The molecule has 6 rings (SSSR count). The number of pyridine rings is 3. The number of ketones is 1. The first-order valence-corrected chi connectivity index (χ1v) is 13.4. The van der Waals surface area contributed by atoms with Gasteiger partial charge < -0.3 is 10.3 Å². The molecule has 0 aliphatic rings. The van der Waals surface area contributed by atoms with Crippen LogP contribution in [0.1, 0.15) is 36.9 Å². The molecule has 0 atom stereocenters. The van der Waals surface area contributed by atoms with Crippen LogP contribution in [0, 0.1) is 5.92 Å². The molecule has 0 radical (unpaired) electrons. The molecule has 194 valence electrons. The monoisotopic (exact) mass is 535 g/mol. The quantitative estimate of drug-likeness (QED) is 0.201. The second kappa shape index (κ2) is 9.88. The molecule has 6 aromatic rings. The van der Waals surface area contributed by atoms with Gasteiger partial charge >= 0.3 is 0 Å². The van der Waals surface area contributed by atoms with Crippen molar-refractivity contribution in [1.82, 2.24) is 30.1 Å². The molecule has 9 nitrogen and oxygen atoms in total. The molecule has 0 aliphatic carbocycles. The lowest BCUT2D eigenvalue weighted by Crippen LogP contribution is -2.13. The number of Topliss-reactive ketones (excluding diaryl/α,β-unsaturated/α-hetero) is 1. The third-order valence-corrected chi connectivity index (χ3v) is 7.56. The van der Waals surface area contributed by atoms with Crippen LogP contribution in [0.15, 0.2) is 61.2 Å². The van der Waals surface area contributed by atoms with Crippen LogP contribution in [0.2, 0.25) is 0 Å². The van der Waals surface area contributed by atoms with Gasteiger partial charge in [-0.15, -0.1) is 11.3 Å². The second-order valence-electron chi connectivity index (χ2n) is 9.82. The zero-order valence-electron chi connectivity index (χ0n) is 21.6. The van der Waals surface area contributed by atoms with Gasteiger partial charge in [-0.25, -0.2) is 4.98 Å². The molecule has 0 aromatic carbocycles. The summed E-state index contributed by atoms with van der Waals surface area (Å²) in [6.45, 7) is 5.59. The van der Waals surface area contributed by atoms with Crippen LogP contribution in [-0.4, -0.2) is 41.8 Å². The van der Waals surface area contributed by atoms with Gasteiger partial charge in [0.15, 0.2) is 5.78 Å². The third-order valence-electron chi connectivity index (χ3n) is 6.34. The van der Waals surface area contributed by atoms with Gasteiger partial charge in [0.05, 0.1) is 45.4 Å². The number of H-pyrrole nitrogens is 2. The largest absolute Gasteiger partial charge is 0.352 e. The smallest absolute Gasteiger partial charge is 0.224 e. The Kier molecular flexibility index (Phi) is 6.24. The summed E-state index contributed by atoms with van der Waals surface area (Å²) in [5, 5.41) is 11.5. The standard InChI is InChI=1S/C29H25N7O2S/c1-15(2)8-27(38)32-18-9-17(11-30-12-18)21-4-5-22-28(34-21)29(36-35-22)23-10-19-20(13-31-14-24(19)33-23)26-7-6-25(39-26)16(3)37/h4-7,9-15,33H,8H2,1-3H3,(H,32,38)(H,35,36). The number of amides is 1. The first-order valence-electron chi connectivity index (χ1n) is 12.5. The maximum Gasteiger partial charge on any atom is 0.224 e. The average Bonchev–Trinajstić information content (AvgIpc) is 3.65. The molecule has 39 heavy (non-hydrogen) atoms. The van der Waals surface area contributed by atoms with Gasteiger partial charge in [0.1, 0.15) is 11.2 Å². The number of thiophene rings is 1. The minimum atomic E-state index is -0.0442. The van der Waals surface area contributed by atoms with Gasteiger partial charge in [-0.3, -0.25) is 24.7 Å². The highest BCUT2D eigenvalue weighted by molar-refractivity contribution is 7.17. The van der Waals surface area contributed by atoms with Crippen LogP contribution in [0.5, 0.6) is 0 Å². The third kappa shape index (κ3) is 4.82. The van der Waals surface area contributed by atoms with Crippen LogP contribution in [0.3, 0.4) is 0 Å². The highest BCUT2D eigenvalue weighted by Crippen LogP contribution is 2.36. The summed E-state index contributed by atoms with van der Waals surface area (Å²) in [5.74, 6) is 0.270. The maximum absolute atomic E-state index is 12.2. The van der Waals surface area contributed by atoms with E-state index in [2.05, 4.69) is 30.5 Å². The van der Waals surface area contributed by atoms with Crippen molar-refractivity contribution in [1.29, 1.82) is 0 Å². The molecule has 0 saturated carbocycles. The van der Waals surface area contributed by atoms with Gasteiger partial charge in [-0.1, -0.05) is 13.8 Å². The predicted molar refractivity (Wildman–Crippen MR) is 154 cm³/mol. The fourth-order valence-corrected chi connectivity index (χ4v) is 5.45. The Morgan fingerprint density at radius 2 is 1.85 bits per heavy atom. The number of nitrogens with one attached hydrogen (secondary N) is 3. The summed E-state index contributed by atoms with van der Waals surface area (Å²) in [4.78, 5) is 42.8. The van der Waals surface area contributed by atoms with Crippen molar-refractivity contribution >= 4 is 50.7 Å². The molecule has 0 saturated heterocycles. The van der Waals surface area contributed by atoms with Crippen LogP contribution in [0.25, 0.3) is 55.0 Å². The lowest BCUT2D eigenvalue weighted by molar-refractivity contribution is -0.116. The molecular weight excluding hydrogens is 510 g/mol. The summed E-state index contributed by atoms with van der Waals surface area (Å²) in [7, 11) is 0. The van der Waals surface area contributed by atoms with E-state index < -0.39 is 0 Å². The SMILES string of the molecule is CC(=O)c1ccc(-c2cncc3[nH]c(-c4n[nH]c5ccc(-c6cncc(NC(=O)CC(C)C)c6)nc45)cc23)s1. The zero-order valence-corrected chi connectivity index (χ0v) is 22.4. The van der Waals surface area contributed by atoms with E-state index in [1.807, 2.05) is 56.4 Å². The van der Waals surface area contributed by atoms with Gasteiger partial charge in [0.25, 0.3) is 0 Å². The van der Waals surface area contributed by atoms with E-state index in [0.29, 0.717) is 33.9 Å². The maximum atomic E-state index is 12.2. The van der Waals surface area contributed by atoms with Gasteiger partial charge in [-0.2, -0.15) is 5.10 Å². The van der Waals surface area contributed by atoms with Crippen LogP contribution < -0.4 is 5.32 Å². The van der Waals surface area contributed by atoms with E-state index >= 15 is 0 Å². The number of aromatic amines is 2. The molecule has 6 aromatic heterocycles. The molecular formula is C29H25N7O2S. The Hall–Kier alpha value is -4.70. The Balaban J connectivity index is 1.37. The predicted octanol–water partition coefficient (Wildman–Crippen LogP) is 6.48. The average molecular weight is 536 g/mol. The summed E-state index contributed by atoms with van der Waals surface area (Å²) < 4.78 is 0. The molecule has 0 spiro atoms. The van der Waals surface area contributed by atoms with E-state index in [4.69, 9.17) is 4.98 Å². The molecule has 0 unspecified atom stereocenters. The Morgan fingerprint density at radius 1 is 1.00 bits per heavy atom. The zero-order chi connectivity index (χ0) is 27.1. The van der Waals surface area contributed by atoms with Crippen molar-refractivity contribution in [3.8, 4) is 33.1 Å². The lowest BCUT2D eigenvalue weighted by Gasteiger charge is -2.08. The topological polar surface area (TPSA) is 129 Å². The summed E-state index contributed by atoms with van der Waals surface area (Å²) in [6.07, 6.45) is 7.39. The normalized spacial score (nSPS) is 11.5. The Morgan fingerprint density at radius 3 is 2.64 bits per heavy atom. The number of carbonyl (C=O) groups is 2. The Bertz CT molecular complexity index is 1860. The first-order chi connectivity index (χ1) is 18.9. The Labute approximate surface area is 227 Å². The number of nitrogens with zero attached hydrogens (tertiary/aromatic N) is 4. The van der Waals surface area contributed by atoms with Crippen LogP contribution >= 0.6 is 11.3 Å². The number of fused-ring (bicyclic) bond motifs is 2. The van der Waals surface area contributed by atoms with E-state index in [-0.39, 0.29) is 17.6 Å². The highest BCUT2D eigenvalue weighted by Gasteiger charge is 2.17. The van der Waals surface area contributed by atoms with Gasteiger partial charge in [-0.05, 0) is 49.2 Å². The van der Waals surface area contributed by atoms with Crippen LogP contribution in [-0.2, 0) is 4.79 Å². The summed E-state index contributed by atoms with van der Waals surface area (Å²) in [5.41, 5.74) is 6.92. The van der Waals surface area contributed by atoms with Gasteiger partial charge in [0.2, 0.25) is 5.91 Å². The van der Waals surface area contributed by atoms with Crippen molar-refractivity contribution in [2.75, 3.05) is 5.32 Å². The van der Waals surface area contributed by atoms with Crippen molar-refractivity contribution < 1.29 is 9.59 Å². The molecule has 3 N–H and O–H groups in total. The number of rotatable bonds is 7. The van der Waals surface area contributed by atoms with E-state index in [0.717, 1.165) is 38.1 Å². The van der Waals surface area contributed by atoms with Crippen molar-refractivity contribution in [2.45, 2.75) is 27.2 Å². The molecule has 10 heteroatoms. The first kappa shape index (κ1) is 24.6. The highest BCUT2D eigenvalue weighted by atomic mass is 32.1. The molecule has 6 heterocycles. The van der Waals surface area contributed by atoms with Crippen LogP contribution in [0.4, 0.5) is 5.69 Å². The number of carbonyl (C=O) groups excluding carboxylic acids is 2. The lowest BCUT2D eigenvalue weighted by atomic mass is 10.1. The molecule has 0 aliphatic heterocycles. The van der Waals surface area contributed by atoms with Crippen molar-refractivity contribution in [2.24, 2.45) is 5.92 Å². The minimum absolute atomic E-state index is 0.0442. The molecule has 1 amide bonds. The van der Waals surface area contributed by atoms with E-state index in [1.165, 1.54) is 11.3 Å². The van der Waals surface area contributed by atoms with Gasteiger partial charge in [0, 0.05) is 40.2 Å². The van der Waals surface area contributed by atoms with E-state index in [9.17, 15) is 9.59 Å². The number of aromatic nitrogens is 6. The fourth-order valence-electron chi connectivity index (χ4n) is 4.53. The van der Waals surface area contributed by atoms with Crippen molar-refractivity contribution in [3.05, 3.63) is 66.1 Å². The summed E-state index contributed by atoms with van der Waals surface area (Å²) in [6, 6.07) is 11.5. The minimum Gasteiger partial charge on any atom is -0.352 e. The number of hydrogen-bond donors (Lipinski definition) is 3. The molecule has 0 bridgehead atoms. The van der Waals surface area contributed by atoms with E-state index in [1.54, 1.807) is 25.5 Å². The fraction of sp³-hybridized carbons (Fsp3) is 0.172. The number of anilines is 1. The summed E-state index contributed by atoms with van der Waals surface area (Å²) >= 11 is 1.46. The van der Waals surface area contributed by atoms with Crippen molar-refractivity contribution in [3.63, 3.8) is 0 Å².